The minimum Gasteiger partial charge on any atom is -0.354 e. The van der Waals surface area contributed by atoms with Gasteiger partial charge in [-0.15, -0.1) is 0 Å². The van der Waals surface area contributed by atoms with Gasteiger partial charge >= 0.3 is 0 Å². The summed E-state index contributed by atoms with van der Waals surface area (Å²) < 4.78 is 94.9. The van der Waals surface area contributed by atoms with Gasteiger partial charge in [0.15, 0.2) is 0 Å². The molecule has 6 aliphatic rings. The predicted octanol–water partition coefficient (Wildman–Crippen LogP) is 6.23. The van der Waals surface area contributed by atoms with Gasteiger partial charge in [0.1, 0.15) is 0 Å². The van der Waals surface area contributed by atoms with Crippen molar-refractivity contribution in [2.45, 2.75) is 25.7 Å². The Kier molecular flexibility index (Phi) is 10.2. The molecule has 60 heavy (non-hydrogen) atoms. The van der Waals surface area contributed by atoms with Gasteiger partial charge in [-0.1, -0.05) is 48.6 Å². The van der Waals surface area contributed by atoms with Crippen LogP contribution in [0.3, 0.4) is 0 Å². The van der Waals surface area contributed by atoms with Gasteiger partial charge in [-0.3, -0.25) is 0 Å². The predicted molar refractivity (Wildman–Crippen MR) is 242 cm³/mol. The molecule has 5 heterocycles. The maximum atomic E-state index is 11.9. The molecule has 0 saturated carbocycles. The molecule has 0 radical (unpaired) electrons. The molecule has 4 aliphatic carbocycles. The van der Waals surface area contributed by atoms with E-state index >= 15 is 0 Å². The van der Waals surface area contributed by atoms with E-state index in [9.17, 15) is 33.7 Å². The second-order valence-corrected chi connectivity index (χ2v) is 18.1. The standard InChI is InChI=1S/C44H30N4O8S4/c49-57(50)29-9-1-25(2-10-29)41-33-17-19-35(45-33)42(26-3-11-30(12-4-26)58(51)52)37-21-23-39(47-37)44(28-7-15-32(16-8-28)60(55)56)40-24-22-38(48-40)43(36-20-18-34(41)46-36)27-5-13-31(14-6-27)59(53)54/h1-9,11,13,15,17-24,45,48H,10,12,14,16H2. The largest absolute Gasteiger partial charge is 0.354 e. The van der Waals surface area contributed by atoms with E-state index in [1.54, 1.807) is 48.6 Å². The summed E-state index contributed by atoms with van der Waals surface area (Å²) >= 11 is 0. The summed E-state index contributed by atoms with van der Waals surface area (Å²) in [6, 6.07) is 7.65. The molecule has 8 bridgehead atoms. The number of rotatable bonds is 4. The van der Waals surface area contributed by atoms with Crippen LogP contribution in [0, 0.1) is 0 Å². The summed E-state index contributed by atoms with van der Waals surface area (Å²) in [5, 5.41) is 0. The monoisotopic (exact) mass is 870 g/mol. The van der Waals surface area contributed by atoms with Crippen LogP contribution in [0.15, 0.2) is 97.2 Å². The summed E-state index contributed by atoms with van der Waals surface area (Å²) in [6.07, 6.45) is 28.9. The average molecular weight is 871 g/mol. The van der Waals surface area contributed by atoms with Crippen LogP contribution in [0.5, 0.6) is 0 Å². The van der Waals surface area contributed by atoms with Crippen molar-refractivity contribution in [3.05, 3.63) is 142 Å². The highest BCUT2D eigenvalue weighted by molar-refractivity contribution is 7.74. The lowest BCUT2D eigenvalue weighted by molar-refractivity contribution is 0.625. The lowest BCUT2D eigenvalue weighted by atomic mass is 9.98. The minimum absolute atomic E-state index is 0.181. The van der Waals surface area contributed by atoms with E-state index in [1.165, 1.54) is 0 Å². The van der Waals surface area contributed by atoms with Gasteiger partial charge in [0, 0.05) is 70.0 Å². The first-order valence-electron chi connectivity index (χ1n) is 18.5. The number of H-pyrrole nitrogens is 2. The van der Waals surface area contributed by atoms with Gasteiger partial charge in [0.2, 0.25) is 41.2 Å². The van der Waals surface area contributed by atoms with Gasteiger partial charge in [-0.05, 0) is 95.2 Å². The molecule has 12 nitrogen and oxygen atoms in total. The van der Waals surface area contributed by atoms with Gasteiger partial charge in [0.05, 0.1) is 42.2 Å². The molecule has 0 unspecified atom stereocenters. The molecule has 0 spiro atoms. The third-order valence-corrected chi connectivity index (χ3v) is 13.6. The highest BCUT2D eigenvalue weighted by Crippen LogP contribution is 2.37. The summed E-state index contributed by atoms with van der Waals surface area (Å²) in [5.41, 5.74) is 10.8. The highest BCUT2D eigenvalue weighted by atomic mass is 32.2. The van der Waals surface area contributed by atoms with Crippen LogP contribution in [-0.4, -0.2) is 73.1 Å². The fraction of sp³-hybridized carbons (Fsp3) is 0.0909. The molecule has 0 aromatic carbocycles. The van der Waals surface area contributed by atoms with E-state index in [0.717, 1.165) is 22.3 Å². The minimum atomic E-state index is -2.39. The van der Waals surface area contributed by atoms with Crippen molar-refractivity contribution in [1.82, 2.24) is 19.9 Å². The Hall–Kier alpha value is -6.72. The first-order valence-corrected chi connectivity index (χ1v) is 22.8. The molecule has 9 rings (SSSR count). The topological polar surface area (TPSA) is 194 Å². The summed E-state index contributed by atoms with van der Waals surface area (Å²) in [5.74, 6) is 0. The van der Waals surface area contributed by atoms with Gasteiger partial charge in [-0.2, -0.15) is 33.7 Å². The molecule has 0 amide bonds. The van der Waals surface area contributed by atoms with Crippen LogP contribution in [0.4, 0.5) is 0 Å². The lowest BCUT2D eigenvalue weighted by Crippen LogP contribution is -2.01. The fourth-order valence-electron chi connectivity index (χ4n) is 7.77. The van der Waals surface area contributed by atoms with Crippen LogP contribution in [0.1, 0.15) is 70.7 Å². The van der Waals surface area contributed by atoms with Crippen LogP contribution in [-0.2, 0) is 41.2 Å². The van der Waals surface area contributed by atoms with E-state index in [1.807, 2.05) is 72.9 Å². The number of aromatic nitrogens is 4. The fourth-order valence-corrected chi connectivity index (χ4v) is 9.37. The van der Waals surface area contributed by atoms with Gasteiger partial charge < -0.3 is 9.97 Å². The number of fused-ring (bicyclic) bond motifs is 8. The van der Waals surface area contributed by atoms with E-state index in [0.29, 0.717) is 67.1 Å². The first kappa shape index (κ1) is 38.8. The Morgan fingerprint density at radius 2 is 0.567 bits per heavy atom. The Morgan fingerprint density at radius 3 is 0.750 bits per heavy atom. The quantitative estimate of drug-likeness (QED) is 0.196. The van der Waals surface area contributed by atoms with Crippen LogP contribution < -0.4 is 0 Å². The molecule has 16 heteroatoms. The molecule has 298 valence electrons. The average Bonchev–Trinajstić information content (AvgIpc) is 4.10. The van der Waals surface area contributed by atoms with Crippen molar-refractivity contribution in [3.8, 4) is 0 Å². The van der Waals surface area contributed by atoms with Crippen molar-refractivity contribution in [2.24, 2.45) is 0 Å². The van der Waals surface area contributed by atoms with Crippen molar-refractivity contribution in [3.63, 3.8) is 0 Å². The van der Waals surface area contributed by atoms with Gasteiger partial charge in [-0.25, -0.2) is 9.97 Å². The molecule has 0 saturated heterocycles. The summed E-state index contributed by atoms with van der Waals surface area (Å²) in [7, 11) is -9.54. The van der Waals surface area contributed by atoms with E-state index in [-0.39, 0.29) is 45.1 Å². The molecule has 2 aliphatic heterocycles. The van der Waals surface area contributed by atoms with Crippen LogP contribution in [0.2, 0.25) is 0 Å². The van der Waals surface area contributed by atoms with Crippen molar-refractivity contribution in [1.29, 1.82) is 0 Å². The number of hydrogen-bond donors (Lipinski definition) is 2. The zero-order chi connectivity index (χ0) is 41.7. The van der Waals surface area contributed by atoms with Gasteiger partial charge in [0.25, 0.3) is 0 Å². The molecular formula is C44H30N4O8S4. The second kappa shape index (κ2) is 15.8. The summed E-state index contributed by atoms with van der Waals surface area (Å²) in [6.45, 7) is 0. The zero-order valence-electron chi connectivity index (χ0n) is 31.2. The molecule has 0 fully saturated rings. The second-order valence-electron chi connectivity index (χ2n) is 14.1. The molecule has 2 N–H and O–H groups in total. The summed E-state index contributed by atoms with van der Waals surface area (Å²) in [4.78, 5) is 18.5. The van der Waals surface area contributed by atoms with E-state index < -0.39 is 41.2 Å². The third-order valence-electron chi connectivity index (χ3n) is 10.7. The lowest BCUT2D eigenvalue weighted by Gasteiger charge is -2.11. The van der Waals surface area contributed by atoms with Crippen molar-refractivity contribution < 1.29 is 33.7 Å². The molecule has 0 atom stereocenters. The zero-order valence-corrected chi connectivity index (χ0v) is 34.4. The Morgan fingerprint density at radius 1 is 0.333 bits per heavy atom. The number of hydrogen-bond acceptors (Lipinski definition) is 10. The number of allylic oxidation sites excluding steroid dienone is 16. The maximum Gasteiger partial charge on any atom is 0.217 e. The van der Waals surface area contributed by atoms with Crippen molar-refractivity contribution >= 4 is 129 Å². The first-order chi connectivity index (χ1) is 29.0. The smallest absolute Gasteiger partial charge is 0.217 e. The third kappa shape index (κ3) is 7.30. The Bertz CT molecular complexity index is 3150. The normalized spacial score (nSPS) is 16.8. The number of aromatic amines is 2. The van der Waals surface area contributed by atoms with Crippen LogP contribution in [0.25, 0.3) is 68.7 Å². The van der Waals surface area contributed by atoms with Crippen LogP contribution >= 0.6 is 0 Å². The number of nitrogens with zero attached hydrogens (tertiary/aromatic N) is 2. The Balaban J connectivity index is 1.41. The van der Waals surface area contributed by atoms with E-state index in [2.05, 4.69) is 9.97 Å². The molecule has 3 aromatic rings. The Labute approximate surface area is 348 Å². The maximum absolute atomic E-state index is 11.9. The van der Waals surface area contributed by atoms with E-state index in [4.69, 9.17) is 9.97 Å². The van der Waals surface area contributed by atoms with Crippen molar-refractivity contribution in [2.75, 3.05) is 0 Å². The molecule has 3 aromatic heterocycles. The number of nitrogens with one attached hydrogen (secondary N) is 2. The molecular weight excluding hydrogens is 841 g/mol. The SMILES string of the molecule is O=S(=O)=C1C=CC(c2c3nc(c(C4=CCC(=S(=O)=O)C=C4)c4ccc([nH]4)c(C4=CCC(=S(=O)=O)C=C4)c4nc(c(C5=CCC(=S(=O)=O)C=C5)c5ccc2[nH]5)C=C4)C=C3)=CC1. The highest BCUT2D eigenvalue weighted by Gasteiger charge is 2.22.